The first-order chi connectivity index (χ1) is 9.76. The standard InChI is InChI=1S/C19H24S/c1-4-18(16-8-6-5-7-9-16)19(14-20-3)17-12-10-15(2)11-13-17/h5-13,18-19H,4,14H2,1-3H3. The lowest BCUT2D eigenvalue weighted by Gasteiger charge is -2.27. The Labute approximate surface area is 127 Å². The molecule has 20 heavy (non-hydrogen) atoms. The normalized spacial score (nSPS) is 13.9. The molecule has 0 amide bonds. The van der Waals surface area contributed by atoms with E-state index in [-0.39, 0.29) is 0 Å². The third-order valence-electron chi connectivity index (χ3n) is 4.00. The summed E-state index contributed by atoms with van der Waals surface area (Å²) in [6.45, 7) is 4.46. The highest BCUT2D eigenvalue weighted by atomic mass is 32.2. The molecule has 2 aromatic carbocycles. The van der Waals surface area contributed by atoms with Crippen molar-refractivity contribution in [3.63, 3.8) is 0 Å². The van der Waals surface area contributed by atoms with Crippen LogP contribution in [-0.4, -0.2) is 12.0 Å². The van der Waals surface area contributed by atoms with Crippen LogP contribution >= 0.6 is 11.8 Å². The molecule has 2 unspecified atom stereocenters. The van der Waals surface area contributed by atoms with Crippen LogP contribution in [0.3, 0.4) is 0 Å². The fourth-order valence-electron chi connectivity index (χ4n) is 2.89. The molecular weight excluding hydrogens is 260 g/mol. The average molecular weight is 284 g/mol. The van der Waals surface area contributed by atoms with Crippen molar-refractivity contribution in [2.45, 2.75) is 32.1 Å². The zero-order valence-electron chi connectivity index (χ0n) is 12.7. The summed E-state index contributed by atoms with van der Waals surface area (Å²) in [6.07, 6.45) is 3.39. The van der Waals surface area contributed by atoms with Crippen LogP contribution in [-0.2, 0) is 0 Å². The van der Waals surface area contributed by atoms with Crippen LogP contribution in [0.15, 0.2) is 54.6 Å². The second-order valence-corrected chi connectivity index (χ2v) is 6.31. The molecule has 0 saturated carbocycles. The molecule has 0 radical (unpaired) electrons. The summed E-state index contributed by atoms with van der Waals surface area (Å²) in [4.78, 5) is 0. The number of hydrogen-bond acceptors (Lipinski definition) is 1. The first-order valence-electron chi connectivity index (χ1n) is 7.36. The summed E-state index contributed by atoms with van der Waals surface area (Å²) in [7, 11) is 0. The molecule has 2 atom stereocenters. The Bertz CT molecular complexity index is 501. The first kappa shape index (κ1) is 15.2. The molecule has 0 aromatic heterocycles. The van der Waals surface area contributed by atoms with Crippen molar-refractivity contribution < 1.29 is 0 Å². The highest BCUT2D eigenvalue weighted by Crippen LogP contribution is 2.37. The van der Waals surface area contributed by atoms with E-state index in [0.29, 0.717) is 11.8 Å². The molecule has 2 aromatic rings. The van der Waals surface area contributed by atoms with Crippen LogP contribution in [0, 0.1) is 6.92 Å². The lowest BCUT2D eigenvalue weighted by atomic mass is 9.81. The smallest absolute Gasteiger partial charge is 0.000458 e. The van der Waals surface area contributed by atoms with Gasteiger partial charge in [0.15, 0.2) is 0 Å². The third-order valence-corrected chi connectivity index (χ3v) is 4.70. The van der Waals surface area contributed by atoms with Crippen molar-refractivity contribution in [1.82, 2.24) is 0 Å². The van der Waals surface area contributed by atoms with Crippen LogP contribution in [0.25, 0.3) is 0 Å². The van der Waals surface area contributed by atoms with Gasteiger partial charge in [-0.15, -0.1) is 0 Å². The van der Waals surface area contributed by atoms with Crippen molar-refractivity contribution in [3.8, 4) is 0 Å². The van der Waals surface area contributed by atoms with Gasteiger partial charge in [0, 0.05) is 5.75 Å². The highest BCUT2D eigenvalue weighted by molar-refractivity contribution is 7.98. The summed E-state index contributed by atoms with van der Waals surface area (Å²) in [5.41, 5.74) is 4.28. The summed E-state index contributed by atoms with van der Waals surface area (Å²) in [5.74, 6) is 2.38. The van der Waals surface area contributed by atoms with Crippen molar-refractivity contribution in [3.05, 3.63) is 71.3 Å². The fourth-order valence-corrected chi connectivity index (χ4v) is 3.67. The van der Waals surface area contributed by atoms with Crippen LogP contribution in [0.4, 0.5) is 0 Å². The van der Waals surface area contributed by atoms with Gasteiger partial charge in [0.05, 0.1) is 0 Å². The number of aryl methyl sites for hydroxylation is 1. The maximum absolute atomic E-state index is 2.31. The summed E-state index contributed by atoms with van der Waals surface area (Å²) >= 11 is 1.95. The molecule has 0 heterocycles. The Kier molecular flexibility index (Phi) is 5.72. The predicted octanol–water partition coefficient (Wildman–Crippen LogP) is 5.64. The zero-order valence-corrected chi connectivity index (χ0v) is 13.5. The van der Waals surface area contributed by atoms with Crippen LogP contribution in [0.1, 0.15) is 41.9 Å². The Hall–Kier alpha value is -1.21. The third kappa shape index (κ3) is 3.67. The fraction of sp³-hybridized carbons (Fsp3) is 0.368. The lowest BCUT2D eigenvalue weighted by molar-refractivity contribution is 0.566. The van der Waals surface area contributed by atoms with Gasteiger partial charge in [-0.2, -0.15) is 11.8 Å². The molecule has 0 N–H and O–H groups in total. The minimum absolute atomic E-state index is 0.595. The number of thioether (sulfide) groups is 1. The van der Waals surface area contributed by atoms with Crippen LogP contribution in [0.5, 0.6) is 0 Å². The molecule has 0 fully saturated rings. The number of rotatable bonds is 6. The Morgan fingerprint density at radius 2 is 1.45 bits per heavy atom. The van der Waals surface area contributed by atoms with Gasteiger partial charge in [-0.05, 0) is 42.6 Å². The van der Waals surface area contributed by atoms with E-state index in [1.165, 1.54) is 28.9 Å². The summed E-state index contributed by atoms with van der Waals surface area (Å²) in [6, 6.07) is 20.0. The first-order valence-corrected chi connectivity index (χ1v) is 8.76. The van der Waals surface area contributed by atoms with E-state index in [9.17, 15) is 0 Å². The van der Waals surface area contributed by atoms with Crippen molar-refractivity contribution in [2.75, 3.05) is 12.0 Å². The van der Waals surface area contributed by atoms with E-state index in [2.05, 4.69) is 74.7 Å². The van der Waals surface area contributed by atoms with E-state index in [1.807, 2.05) is 11.8 Å². The minimum atomic E-state index is 0.595. The van der Waals surface area contributed by atoms with Gasteiger partial charge in [-0.1, -0.05) is 67.1 Å². The van der Waals surface area contributed by atoms with Gasteiger partial charge in [0.2, 0.25) is 0 Å². The average Bonchev–Trinajstić information content (AvgIpc) is 2.49. The Balaban J connectivity index is 2.33. The van der Waals surface area contributed by atoms with Crippen molar-refractivity contribution in [2.24, 2.45) is 0 Å². The number of benzene rings is 2. The molecule has 0 nitrogen and oxygen atoms in total. The molecular formula is C19H24S. The Morgan fingerprint density at radius 3 is 2.00 bits per heavy atom. The SMILES string of the molecule is CCC(c1ccccc1)C(CSC)c1ccc(C)cc1. The molecule has 0 spiro atoms. The van der Waals surface area contributed by atoms with Gasteiger partial charge < -0.3 is 0 Å². The lowest BCUT2D eigenvalue weighted by Crippen LogP contribution is -2.13. The van der Waals surface area contributed by atoms with E-state index in [1.54, 1.807) is 0 Å². The van der Waals surface area contributed by atoms with Gasteiger partial charge in [-0.3, -0.25) is 0 Å². The molecule has 0 aliphatic rings. The van der Waals surface area contributed by atoms with Crippen molar-refractivity contribution >= 4 is 11.8 Å². The van der Waals surface area contributed by atoms with Gasteiger partial charge >= 0.3 is 0 Å². The van der Waals surface area contributed by atoms with E-state index < -0.39 is 0 Å². The molecule has 1 heteroatoms. The number of hydrogen-bond donors (Lipinski definition) is 0. The minimum Gasteiger partial charge on any atom is -0.165 e. The molecule has 0 saturated heterocycles. The molecule has 2 rings (SSSR count). The van der Waals surface area contributed by atoms with Gasteiger partial charge in [0.25, 0.3) is 0 Å². The predicted molar refractivity (Wildman–Crippen MR) is 91.8 cm³/mol. The molecule has 0 aliphatic heterocycles. The van der Waals surface area contributed by atoms with Crippen molar-refractivity contribution in [1.29, 1.82) is 0 Å². The topological polar surface area (TPSA) is 0 Å². The maximum atomic E-state index is 2.31. The maximum Gasteiger partial charge on any atom is 0.000458 e. The molecule has 0 bridgehead atoms. The second-order valence-electron chi connectivity index (χ2n) is 5.40. The monoisotopic (exact) mass is 284 g/mol. The summed E-state index contributed by atoms with van der Waals surface area (Å²) in [5, 5.41) is 0. The quantitative estimate of drug-likeness (QED) is 0.662. The second kappa shape index (κ2) is 7.54. The zero-order chi connectivity index (χ0) is 14.4. The van der Waals surface area contributed by atoms with E-state index >= 15 is 0 Å². The van der Waals surface area contributed by atoms with Gasteiger partial charge in [0.1, 0.15) is 0 Å². The van der Waals surface area contributed by atoms with E-state index in [0.717, 1.165) is 0 Å². The molecule has 106 valence electrons. The summed E-state index contributed by atoms with van der Waals surface area (Å²) < 4.78 is 0. The Morgan fingerprint density at radius 1 is 0.850 bits per heavy atom. The van der Waals surface area contributed by atoms with E-state index in [4.69, 9.17) is 0 Å². The molecule has 0 aliphatic carbocycles. The highest BCUT2D eigenvalue weighted by Gasteiger charge is 2.22. The van der Waals surface area contributed by atoms with Crippen LogP contribution in [0.2, 0.25) is 0 Å². The largest absolute Gasteiger partial charge is 0.165 e. The van der Waals surface area contributed by atoms with Gasteiger partial charge in [-0.25, -0.2) is 0 Å². The van der Waals surface area contributed by atoms with Crippen LogP contribution < -0.4 is 0 Å².